The van der Waals surface area contributed by atoms with Crippen molar-refractivity contribution in [1.29, 1.82) is 0 Å². The molecule has 0 atom stereocenters. The molecule has 4 N–H and O–H groups in total. The van der Waals surface area contributed by atoms with E-state index in [2.05, 4.69) is 0 Å². The minimum Gasteiger partial charge on any atom is -0.468 e. The monoisotopic (exact) mass is 386 g/mol. The molecule has 10 heteroatoms. The molecule has 28 heavy (non-hydrogen) atoms. The molecule has 0 bridgehead atoms. The van der Waals surface area contributed by atoms with Crippen molar-refractivity contribution in [2.45, 2.75) is 0 Å². The van der Waals surface area contributed by atoms with Crippen LogP contribution >= 0.6 is 0 Å². The van der Waals surface area contributed by atoms with Gasteiger partial charge in [0.2, 0.25) is 0 Å². The summed E-state index contributed by atoms with van der Waals surface area (Å²) in [6, 6.07) is 10.1. The average molecular weight is 386 g/mol. The highest BCUT2D eigenvalue weighted by atomic mass is 16.7. The van der Waals surface area contributed by atoms with Gasteiger partial charge < -0.3 is 39.0 Å². The summed E-state index contributed by atoms with van der Waals surface area (Å²) in [6.45, 7) is -0.0836. The number of rotatable bonds is 8. The Morgan fingerprint density at radius 3 is 1.39 bits per heavy atom. The van der Waals surface area contributed by atoms with Gasteiger partial charge >= 0.3 is 14.2 Å². The van der Waals surface area contributed by atoms with Crippen molar-refractivity contribution < 1.29 is 39.0 Å². The van der Waals surface area contributed by atoms with E-state index >= 15 is 0 Å². The number of methoxy groups -OCH3 is 2. The van der Waals surface area contributed by atoms with Crippen molar-refractivity contribution >= 4 is 46.7 Å². The molecule has 0 aliphatic carbocycles. The van der Waals surface area contributed by atoms with E-state index in [0.29, 0.717) is 21.5 Å². The van der Waals surface area contributed by atoms with Gasteiger partial charge in [-0.15, -0.1) is 0 Å². The van der Waals surface area contributed by atoms with E-state index in [9.17, 15) is 20.1 Å². The van der Waals surface area contributed by atoms with Crippen LogP contribution in [0.15, 0.2) is 36.4 Å². The summed E-state index contributed by atoms with van der Waals surface area (Å²) in [6.07, 6.45) is 0. The van der Waals surface area contributed by atoms with Crippen LogP contribution in [0.1, 0.15) is 0 Å². The third-order valence-corrected chi connectivity index (χ3v) is 4.34. The molecule has 0 unspecified atom stereocenters. The molecule has 0 spiro atoms. The molecule has 3 aromatic carbocycles. The molecule has 0 aromatic heterocycles. The van der Waals surface area contributed by atoms with E-state index in [-0.39, 0.29) is 36.0 Å². The highest BCUT2D eigenvalue weighted by Crippen LogP contribution is 2.27. The van der Waals surface area contributed by atoms with Crippen LogP contribution in [0, 0.1) is 0 Å². The van der Waals surface area contributed by atoms with Crippen LogP contribution in [-0.2, 0) is 9.47 Å². The molecular formula is C18H20B2O8. The smallest absolute Gasteiger partial charge is 0.468 e. The Kier molecular flexibility index (Phi) is 6.40. The largest absolute Gasteiger partial charge is 0.492 e. The molecule has 0 aliphatic rings. The first kappa shape index (κ1) is 20.4. The van der Waals surface area contributed by atoms with E-state index in [1.807, 2.05) is 0 Å². The maximum Gasteiger partial charge on any atom is 0.492 e. The molecule has 0 saturated carbocycles. The highest BCUT2D eigenvalue weighted by Gasteiger charge is 2.24. The minimum atomic E-state index is -1.76. The molecule has 0 saturated heterocycles. The van der Waals surface area contributed by atoms with Gasteiger partial charge in [0.05, 0.1) is 0 Å². The van der Waals surface area contributed by atoms with Gasteiger partial charge in [-0.1, -0.05) is 12.1 Å². The standard InChI is InChI=1S/C18H20B2O8/c1-25-9-27-15-5-3-11-8-14-12(7-13(11)17(15)19(21)22)4-6-16(28-10-26-2)18(14)20(23)24/h3-8,21-24H,9-10H2,1-2H3. The number of hydrogen-bond donors (Lipinski definition) is 4. The summed E-state index contributed by atoms with van der Waals surface area (Å²) in [4.78, 5) is 0. The first-order valence-corrected chi connectivity index (χ1v) is 8.47. The van der Waals surface area contributed by atoms with Crippen LogP contribution < -0.4 is 20.4 Å². The van der Waals surface area contributed by atoms with Gasteiger partial charge in [0.15, 0.2) is 13.6 Å². The van der Waals surface area contributed by atoms with Gasteiger partial charge in [0.1, 0.15) is 11.5 Å². The van der Waals surface area contributed by atoms with Gasteiger partial charge in [-0.2, -0.15) is 0 Å². The Balaban J connectivity index is 2.25. The third-order valence-electron chi connectivity index (χ3n) is 4.34. The van der Waals surface area contributed by atoms with Crippen molar-refractivity contribution in [2.24, 2.45) is 0 Å². The predicted molar refractivity (Wildman–Crippen MR) is 106 cm³/mol. The second-order valence-electron chi connectivity index (χ2n) is 6.10. The zero-order chi connectivity index (χ0) is 20.3. The van der Waals surface area contributed by atoms with E-state index < -0.39 is 14.2 Å². The Hall–Kier alpha value is -2.33. The fourth-order valence-corrected chi connectivity index (χ4v) is 3.18. The number of ether oxygens (including phenoxy) is 4. The van der Waals surface area contributed by atoms with Crippen molar-refractivity contribution in [2.75, 3.05) is 27.8 Å². The van der Waals surface area contributed by atoms with Crippen molar-refractivity contribution in [3.05, 3.63) is 36.4 Å². The fraction of sp³-hybridized carbons (Fsp3) is 0.222. The van der Waals surface area contributed by atoms with Gasteiger partial charge in [0, 0.05) is 25.1 Å². The number of hydrogen-bond acceptors (Lipinski definition) is 8. The van der Waals surface area contributed by atoms with Crippen molar-refractivity contribution in [1.82, 2.24) is 0 Å². The second kappa shape index (κ2) is 8.78. The molecule has 0 radical (unpaired) electrons. The molecular weight excluding hydrogens is 366 g/mol. The van der Waals surface area contributed by atoms with Gasteiger partial charge in [0.25, 0.3) is 0 Å². The van der Waals surface area contributed by atoms with Crippen LogP contribution in [0.5, 0.6) is 11.5 Å². The van der Waals surface area contributed by atoms with E-state index in [4.69, 9.17) is 18.9 Å². The molecule has 3 aromatic rings. The maximum atomic E-state index is 9.88. The fourth-order valence-electron chi connectivity index (χ4n) is 3.18. The lowest BCUT2D eigenvalue weighted by atomic mass is 9.73. The van der Waals surface area contributed by atoms with E-state index in [1.165, 1.54) is 14.2 Å². The normalized spacial score (nSPS) is 11.1. The lowest BCUT2D eigenvalue weighted by Gasteiger charge is -2.17. The molecule has 3 rings (SSSR count). The summed E-state index contributed by atoms with van der Waals surface area (Å²) in [5.41, 5.74) is 0.393. The quantitative estimate of drug-likeness (QED) is 0.229. The molecule has 8 nitrogen and oxygen atoms in total. The minimum absolute atomic E-state index is 0.0418. The predicted octanol–water partition coefficient (Wildman–Crippen LogP) is -0.682. The Morgan fingerprint density at radius 2 is 1.07 bits per heavy atom. The van der Waals surface area contributed by atoms with Crippen LogP contribution in [0.3, 0.4) is 0 Å². The van der Waals surface area contributed by atoms with Crippen LogP contribution in [0.2, 0.25) is 0 Å². The first-order valence-electron chi connectivity index (χ1n) is 8.47. The van der Waals surface area contributed by atoms with E-state index in [1.54, 1.807) is 36.4 Å². The number of fused-ring (bicyclic) bond motifs is 2. The zero-order valence-electron chi connectivity index (χ0n) is 15.5. The highest BCUT2D eigenvalue weighted by molar-refractivity contribution is 6.64. The topological polar surface area (TPSA) is 118 Å². The van der Waals surface area contributed by atoms with Crippen molar-refractivity contribution in [3.63, 3.8) is 0 Å². The van der Waals surface area contributed by atoms with Crippen molar-refractivity contribution in [3.8, 4) is 11.5 Å². The lowest BCUT2D eigenvalue weighted by molar-refractivity contribution is 0.0516. The summed E-state index contributed by atoms with van der Waals surface area (Å²) >= 11 is 0. The molecule has 0 amide bonds. The maximum absolute atomic E-state index is 9.88. The number of benzene rings is 3. The summed E-state index contributed by atoms with van der Waals surface area (Å²) in [5.74, 6) is 0.567. The molecule has 146 valence electrons. The van der Waals surface area contributed by atoms with Crippen LogP contribution in [0.25, 0.3) is 21.5 Å². The lowest BCUT2D eigenvalue weighted by Crippen LogP contribution is -2.33. The summed E-state index contributed by atoms with van der Waals surface area (Å²) in [7, 11) is -0.594. The first-order chi connectivity index (χ1) is 13.5. The molecule has 0 aliphatic heterocycles. The molecule has 0 fully saturated rings. The Labute approximate surface area is 162 Å². The Bertz CT molecular complexity index is 897. The zero-order valence-corrected chi connectivity index (χ0v) is 15.5. The molecule has 0 heterocycles. The van der Waals surface area contributed by atoms with E-state index in [0.717, 1.165) is 0 Å². The van der Waals surface area contributed by atoms with Crippen LogP contribution in [-0.4, -0.2) is 62.1 Å². The SMILES string of the molecule is COCOc1ccc2cc3c(B(O)O)c(OCOC)ccc3cc2c1B(O)O. The third kappa shape index (κ3) is 3.93. The van der Waals surface area contributed by atoms with Crippen LogP contribution in [0.4, 0.5) is 0 Å². The van der Waals surface area contributed by atoms with Gasteiger partial charge in [-0.25, -0.2) is 0 Å². The Morgan fingerprint density at radius 1 is 0.679 bits per heavy atom. The summed E-state index contributed by atoms with van der Waals surface area (Å²) < 4.78 is 20.6. The van der Waals surface area contributed by atoms with Gasteiger partial charge in [-0.05, 0) is 45.8 Å². The summed E-state index contributed by atoms with van der Waals surface area (Å²) in [5, 5.41) is 41.9. The van der Waals surface area contributed by atoms with Gasteiger partial charge in [-0.3, -0.25) is 0 Å². The second-order valence-corrected chi connectivity index (χ2v) is 6.10. The average Bonchev–Trinajstić information content (AvgIpc) is 2.67.